The van der Waals surface area contributed by atoms with E-state index >= 15 is 0 Å². The highest BCUT2D eigenvalue weighted by Crippen LogP contribution is 2.23. The molecule has 1 heterocycles. The van der Waals surface area contributed by atoms with Gasteiger partial charge in [0.05, 0.1) is 0 Å². The Morgan fingerprint density at radius 3 is 2.30 bits per heavy atom. The first-order valence-corrected chi connectivity index (χ1v) is 7.09. The molecule has 0 aromatic heterocycles. The molecule has 0 amide bonds. The van der Waals surface area contributed by atoms with Gasteiger partial charge in [-0.25, -0.2) is 0 Å². The van der Waals surface area contributed by atoms with Crippen LogP contribution in [0.2, 0.25) is 0 Å². The van der Waals surface area contributed by atoms with E-state index in [4.69, 9.17) is 9.47 Å². The molecular formula is C17H19NO2. The molecule has 0 aliphatic carbocycles. The van der Waals surface area contributed by atoms with Gasteiger partial charge in [-0.2, -0.15) is 0 Å². The summed E-state index contributed by atoms with van der Waals surface area (Å²) in [5.74, 6) is 2.55. The fraction of sp³-hybridized carbons (Fsp3) is 0.294. The van der Waals surface area contributed by atoms with Gasteiger partial charge in [-0.3, -0.25) is 0 Å². The lowest BCUT2D eigenvalue weighted by Crippen LogP contribution is -2.28. The molecule has 104 valence electrons. The predicted molar refractivity (Wildman–Crippen MR) is 79.5 cm³/mol. The molecule has 0 radical (unpaired) electrons. The van der Waals surface area contributed by atoms with Crippen molar-refractivity contribution >= 4 is 0 Å². The van der Waals surface area contributed by atoms with Crippen LogP contribution in [-0.4, -0.2) is 19.2 Å². The number of para-hydroxylation sites is 1. The summed E-state index contributed by atoms with van der Waals surface area (Å²) < 4.78 is 11.5. The summed E-state index contributed by atoms with van der Waals surface area (Å²) in [6.45, 7) is 1.84. The smallest absolute Gasteiger partial charge is 0.127 e. The maximum atomic E-state index is 5.78. The molecule has 1 atom stereocenters. The van der Waals surface area contributed by atoms with Crippen molar-refractivity contribution in [3.8, 4) is 17.2 Å². The van der Waals surface area contributed by atoms with Crippen LogP contribution in [0.5, 0.6) is 17.2 Å². The maximum absolute atomic E-state index is 5.78. The van der Waals surface area contributed by atoms with E-state index in [1.165, 1.54) is 12.8 Å². The van der Waals surface area contributed by atoms with E-state index in [1.807, 2.05) is 54.6 Å². The minimum atomic E-state index is 0.496. The van der Waals surface area contributed by atoms with Crippen molar-refractivity contribution in [3.05, 3.63) is 54.6 Å². The van der Waals surface area contributed by atoms with Crippen LogP contribution in [0, 0.1) is 0 Å². The van der Waals surface area contributed by atoms with E-state index in [2.05, 4.69) is 5.32 Å². The summed E-state index contributed by atoms with van der Waals surface area (Å²) in [6.07, 6.45) is 2.45. The van der Waals surface area contributed by atoms with Crippen LogP contribution in [0.4, 0.5) is 0 Å². The Balaban J connectivity index is 1.54. The number of benzene rings is 2. The highest BCUT2D eigenvalue weighted by molar-refractivity contribution is 5.35. The van der Waals surface area contributed by atoms with Crippen molar-refractivity contribution in [2.24, 2.45) is 0 Å². The molecule has 2 aromatic carbocycles. The Labute approximate surface area is 119 Å². The quantitative estimate of drug-likeness (QED) is 0.899. The summed E-state index contributed by atoms with van der Waals surface area (Å²) in [6, 6.07) is 18.0. The molecule has 3 rings (SSSR count). The number of ether oxygens (including phenoxy) is 2. The van der Waals surface area contributed by atoms with Gasteiger partial charge in [-0.05, 0) is 55.8 Å². The summed E-state index contributed by atoms with van der Waals surface area (Å²) in [5.41, 5.74) is 0. The average Bonchev–Trinajstić information content (AvgIpc) is 3.01. The van der Waals surface area contributed by atoms with Gasteiger partial charge in [-0.15, -0.1) is 0 Å². The van der Waals surface area contributed by atoms with E-state index in [0.29, 0.717) is 6.04 Å². The average molecular weight is 269 g/mol. The largest absolute Gasteiger partial charge is 0.492 e. The van der Waals surface area contributed by atoms with Crippen LogP contribution in [0.3, 0.4) is 0 Å². The topological polar surface area (TPSA) is 30.5 Å². The summed E-state index contributed by atoms with van der Waals surface area (Å²) >= 11 is 0. The number of rotatable bonds is 5. The second kappa shape index (κ2) is 6.44. The van der Waals surface area contributed by atoms with Gasteiger partial charge < -0.3 is 14.8 Å². The summed E-state index contributed by atoms with van der Waals surface area (Å²) in [7, 11) is 0. The van der Waals surface area contributed by atoms with Gasteiger partial charge in [0.2, 0.25) is 0 Å². The van der Waals surface area contributed by atoms with Crippen LogP contribution in [-0.2, 0) is 0 Å². The molecule has 0 bridgehead atoms. The molecule has 1 saturated heterocycles. The first kappa shape index (κ1) is 13.0. The molecule has 1 unspecified atom stereocenters. The Kier molecular flexibility index (Phi) is 4.19. The zero-order chi connectivity index (χ0) is 13.6. The highest BCUT2D eigenvalue weighted by atomic mass is 16.5. The van der Waals surface area contributed by atoms with E-state index < -0.39 is 0 Å². The molecule has 1 fully saturated rings. The van der Waals surface area contributed by atoms with E-state index in [0.717, 1.165) is 30.4 Å². The van der Waals surface area contributed by atoms with Crippen LogP contribution in [0.15, 0.2) is 54.6 Å². The second-order valence-corrected chi connectivity index (χ2v) is 4.99. The van der Waals surface area contributed by atoms with E-state index in [-0.39, 0.29) is 0 Å². The van der Waals surface area contributed by atoms with Crippen molar-refractivity contribution in [2.75, 3.05) is 13.2 Å². The van der Waals surface area contributed by atoms with Gasteiger partial charge in [0.25, 0.3) is 0 Å². The lowest BCUT2D eigenvalue weighted by Gasteiger charge is -2.12. The highest BCUT2D eigenvalue weighted by Gasteiger charge is 2.14. The van der Waals surface area contributed by atoms with Crippen molar-refractivity contribution in [1.82, 2.24) is 5.32 Å². The normalized spacial score (nSPS) is 17.9. The molecule has 0 saturated carbocycles. The van der Waals surface area contributed by atoms with Gasteiger partial charge in [0.15, 0.2) is 0 Å². The van der Waals surface area contributed by atoms with Crippen molar-refractivity contribution in [3.63, 3.8) is 0 Å². The SMILES string of the molecule is c1ccc(Oc2ccc(OCC3CCCN3)cc2)cc1. The van der Waals surface area contributed by atoms with Crippen molar-refractivity contribution < 1.29 is 9.47 Å². The van der Waals surface area contributed by atoms with E-state index in [9.17, 15) is 0 Å². The van der Waals surface area contributed by atoms with Gasteiger partial charge in [-0.1, -0.05) is 18.2 Å². The third kappa shape index (κ3) is 3.52. The van der Waals surface area contributed by atoms with Crippen LogP contribution < -0.4 is 14.8 Å². The fourth-order valence-electron chi connectivity index (χ4n) is 2.32. The standard InChI is InChI=1S/C17H19NO2/c1-2-6-16(7-3-1)20-17-10-8-15(9-11-17)19-13-14-5-4-12-18-14/h1-3,6-11,14,18H,4-5,12-13H2. The summed E-state index contributed by atoms with van der Waals surface area (Å²) in [4.78, 5) is 0. The molecule has 0 spiro atoms. The molecule has 3 nitrogen and oxygen atoms in total. The number of hydrogen-bond acceptors (Lipinski definition) is 3. The number of hydrogen-bond donors (Lipinski definition) is 1. The molecule has 2 aromatic rings. The monoisotopic (exact) mass is 269 g/mol. The number of nitrogens with one attached hydrogen (secondary N) is 1. The van der Waals surface area contributed by atoms with Crippen LogP contribution in [0.1, 0.15) is 12.8 Å². The Morgan fingerprint density at radius 1 is 0.900 bits per heavy atom. The Bertz CT molecular complexity index is 518. The van der Waals surface area contributed by atoms with Gasteiger partial charge in [0.1, 0.15) is 23.9 Å². The van der Waals surface area contributed by atoms with Crippen LogP contribution in [0.25, 0.3) is 0 Å². The van der Waals surface area contributed by atoms with Gasteiger partial charge >= 0.3 is 0 Å². The third-order valence-electron chi connectivity index (χ3n) is 3.42. The molecule has 1 N–H and O–H groups in total. The van der Waals surface area contributed by atoms with Gasteiger partial charge in [0, 0.05) is 6.04 Å². The zero-order valence-electron chi connectivity index (χ0n) is 11.4. The Hall–Kier alpha value is -2.00. The maximum Gasteiger partial charge on any atom is 0.127 e. The second-order valence-electron chi connectivity index (χ2n) is 4.99. The zero-order valence-corrected chi connectivity index (χ0v) is 11.4. The predicted octanol–water partition coefficient (Wildman–Crippen LogP) is 3.61. The molecule has 1 aliphatic heterocycles. The first-order valence-electron chi connectivity index (χ1n) is 7.09. The van der Waals surface area contributed by atoms with E-state index in [1.54, 1.807) is 0 Å². The van der Waals surface area contributed by atoms with Crippen molar-refractivity contribution in [1.29, 1.82) is 0 Å². The minimum absolute atomic E-state index is 0.496. The van der Waals surface area contributed by atoms with Crippen molar-refractivity contribution in [2.45, 2.75) is 18.9 Å². The molecule has 3 heteroatoms. The minimum Gasteiger partial charge on any atom is -0.492 e. The lowest BCUT2D eigenvalue weighted by atomic mass is 10.2. The molecule has 1 aliphatic rings. The van der Waals surface area contributed by atoms with Crippen LogP contribution >= 0.6 is 0 Å². The first-order chi connectivity index (χ1) is 9.90. The summed E-state index contributed by atoms with van der Waals surface area (Å²) in [5, 5.41) is 3.42. The molecular weight excluding hydrogens is 250 g/mol. The lowest BCUT2D eigenvalue weighted by molar-refractivity contribution is 0.277. The third-order valence-corrected chi connectivity index (χ3v) is 3.42. The molecule has 20 heavy (non-hydrogen) atoms. The fourth-order valence-corrected chi connectivity index (χ4v) is 2.32. The Morgan fingerprint density at radius 2 is 1.60 bits per heavy atom.